The molecule has 1 unspecified atom stereocenters. The van der Waals surface area contributed by atoms with Crippen LogP contribution in [0.2, 0.25) is 0 Å². The van der Waals surface area contributed by atoms with Crippen molar-refractivity contribution in [1.29, 1.82) is 0 Å². The van der Waals surface area contributed by atoms with Crippen LogP contribution in [0.15, 0.2) is 164 Å². The Morgan fingerprint density at radius 2 is 0.824 bits per heavy atom. The van der Waals surface area contributed by atoms with E-state index in [1.807, 2.05) is 72.8 Å². The molecule has 0 bridgehead atoms. The first-order valence-electron chi connectivity index (χ1n) is 31.9. The molecular weight excluding hydrogens is 1490 g/mol. The zero-order chi connectivity index (χ0) is 80.7. The van der Waals surface area contributed by atoms with Crippen molar-refractivity contribution in [3.8, 4) is 23.0 Å². The Kier molecular flexibility index (Phi) is 47.2. The highest BCUT2D eigenvalue weighted by atomic mass is 35.5. The molecule has 108 heavy (non-hydrogen) atoms. The number of ketones is 2. The number of aliphatic carboxylic acids is 3. The first kappa shape index (κ1) is 96.8. The lowest BCUT2D eigenvalue weighted by Gasteiger charge is -2.25. The highest BCUT2D eigenvalue weighted by molar-refractivity contribution is 7.85. The Balaban J connectivity index is 0.00000134. The largest absolute Gasteiger partial charge is 1.00 e. The highest BCUT2D eigenvalue weighted by Gasteiger charge is 2.32. The molecule has 0 aromatic heterocycles. The summed E-state index contributed by atoms with van der Waals surface area (Å²) in [4.78, 5) is 138. The maximum Gasteiger partial charge on any atom is 0.320 e. The second-order valence-electron chi connectivity index (χ2n) is 22.5. The smallest absolute Gasteiger partial charge is 0.320 e. The van der Waals surface area contributed by atoms with E-state index < -0.39 is 135 Å². The van der Waals surface area contributed by atoms with E-state index in [1.54, 1.807) is 74.5 Å². The lowest BCUT2D eigenvalue weighted by Crippen LogP contribution is -3.00. The van der Waals surface area contributed by atoms with E-state index in [2.05, 4.69) is 4.74 Å². The fraction of sp³-hybridized carbons (Fsp3) is 0.333. The Bertz CT molecular complexity index is 4000. The molecule has 36 heteroatoms. The van der Waals surface area contributed by atoms with Crippen molar-refractivity contribution in [3.63, 3.8) is 0 Å². The molecule has 0 radical (unpaired) electrons. The summed E-state index contributed by atoms with van der Waals surface area (Å²) in [6.07, 6.45) is -1.14. The van der Waals surface area contributed by atoms with Crippen LogP contribution in [0.3, 0.4) is 0 Å². The SMILES string of the molecule is CCOC(=O)CC(=O)C[C@H](CC(=O)OCc1ccccc1)C(=O)OCc1ccccc1.CCOC(=O)CC(=O)C[C@H](N)C(=O)O.CS(=O)(=O)O.CS(=O)(=O)[O-].N[C@@H](CC1CC(=O)Oc2cc(O)ccc21)C(=O)O.O=C(O)C[C@H](CC(=O)OCc1ccccc1)C(=O)OCc1ccccc1.Oc1cccc(O)c1.[Cl-]. The van der Waals surface area contributed by atoms with Crippen molar-refractivity contribution < 1.29 is 160 Å². The lowest BCUT2D eigenvalue weighted by molar-refractivity contribution is -0.159. The van der Waals surface area contributed by atoms with Crippen LogP contribution < -0.4 is 28.6 Å². The predicted octanol–water partition coefficient (Wildman–Crippen LogP) is 3.01. The molecule has 1 aliphatic heterocycles. The number of fused-ring (bicyclic) bond motifs is 1. The first-order chi connectivity index (χ1) is 50.2. The molecule has 590 valence electrons. The standard InChI is InChI=1S/C24H26O7.C20H20O6.C12H13NO5.C8H13NO5.C6H6O2.2CH4O3S.ClH/c1-2-29-23(27)15-21(25)13-20(24(28)31-17-19-11-7-4-8-12-19)14-22(26)30-16-18-9-5-3-6-10-18;21-18(22)11-17(20(24)26-14-16-9-5-2-6-10-16)12-19(23)25-13-15-7-3-1-4-8-15;13-9(12(16)17)3-6-4-11(15)18-10-5-7(14)1-2-8(6)10;1-2-14-7(11)4-5(10)3-6(9)8(12)13;7-5-2-1-3-6(8)4-5;2*1-5(2,3)4;/h3-12,20H,2,13-17H2,1H3;1-10,17H,11-14H2,(H,21,22);1-2,5-6,9,14H,3-4,13H2,(H,16,17);6H,2-4,9H2,1H3,(H,12,13);1-4,7-8H;2*1H3,(H,2,3,4);1H/p-2/t20-;17-;6?,9-;6-;;;;/m1100..../s1. The maximum absolute atomic E-state index is 12.6. The van der Waals surface area contributed by atoms with Crippen molar-refractivity contribution >= 4 is 91.5 Å². The number of hydrogen-bond acceptors (Lipinski definition) is 29. The Labute approximate surface area is 627 Å². The van der Waals surface area contributed by atoms with Gasteiger partial charge in [-0.05, 0) is 66.3 Å². The van der Waals surface area contributed by atoms with Crippen molar-refractivity contribution in [2.24, 2.45) is 23.3 Å². The topological polar surface area (TPSA) is 554 Å². The predicted molar refractivity (Wildman–Crippen MR) is 375 cm³/mol. The van der Waals surface area contributed by atoms with Crippen LogP contribution in [0.5, 0.6) is 23.0 Å². The Morgan fingerprint density at radius 3 is 1.16 bits per heavy atom. The number of phenolic OH excluding ortho intramolecular Hbond substituents is 3. The summed E-state index contributed by atoms with van der Waals surface area (Å²) < 4.78 is 88.1. The Hall–Kier alpha value is -11.2. The van der Waals surface area contributed by atoms with Gasteiger partial charge in [-0.15, -0.1) is 0 Å². The number of carboxylic acids is 3. The van der Waals surface area contributed by atoms with E-state index in [0.29, 0.717) is 18.1 Å². The third kappa shape index (κ3) is 49.5. The fourth-order valence-electron chi connectivity index (χ4n) is 8.41. The van der Waals surface area contributed by atoms with Gasteiger partial charge in [-0.3, -0.25) is 62.1 Å². The molecule has 0 saturated heterocycles. The van der Waals surface area contributed by atoms with Gasteiger partial charge in [0.25, 0.3) is 10.1 Å². The number of benzene rings is 6. The molecule has 33 nitrogen and oxygen atoms in total. The summed E-state index contributed by atoms with van der Waals surface area (Å²) in [6.45, 7) is 3.76. The molecule has 0 fully saturated rings. The minimum absolute atomic E-state index is 0. The summed E-state index contributed by atoms with van der Waals surface area (Å²) in [5.41, 5.74) is 14.4. The zero-order valence-electron chi connectivity index (χ0n) is 58.9. The molecule has 6 aromatic rings. The van der Waals surface area contributed by atoms with Crippen LogP contribution in [0, 0.1) is 11.8 Å². The number of ether oxygens (including phenoxy) is 7. The number of aromatic hydroxyl groups is 3. The average molecular weight is 1570 g/mol. The van der Waals surface area contributed by atoms with E-state index in [9.17, 15) is 71.1 Å². The van der Waals surface area contributed by atoms with Gasteiger partial charge in [-0.1, -0.05) is 133 Å². The number of nitrogens with two attached hydrogens (primary N) is 2. The van der Waals surface area contributed by atoms with Gasteiger partial charge in [0.15, 0.2) is 0 Å². The Morgan fingerprint density at radius 1 is 0.481 bits per heavy atom. The normalized spacial score (nSPS) is 12.6. The number of carbonyl (C=O) groups is 12. The van der Waals surface area contributed by atoms with Crippen LogP contribution >= 0.6 is 0 Å². The van der Waals surface area contributed by atoms with Crippen LogP contribution in [0.25, 0.3) is 0 Å². The highest BCUT2D eigenvalue weighted by Crippen LogP contribution is 2.38. The van der Waals surface area contributed by atoms with Gasteiger partial charge in [0.2, 0.25) is 0 Å². The monoisotopic (exact) mass is 1570 g/mol. The van der Waals surface area contributed by atoms with Crippen LogP contribution in [0.1, 0.15) is 105 Å². The van der Waals surface area contributed by atoms with Gasteiger partial charge in [-0.2, -0.15) is 8.42 Å². The van der Waals surface area contributed by atoms with E-state index in [-0.39, 0.29) is 119 Å². The number of rotatable bonds is 30. The molecule has 0 amide bonds. The molecule has 11 N–H and O–H groups in total. The molecule has 6 aromatic carbocycles. The number of hydrogen-bond donors (Lipinski definition) is 9. The maximum atomic E-state index is 12.6. The van der Waals surface area contributed by atoms with Crippen molar-refractivity contribution in [2.75, 3.05) is 25.7 Å². The molecule has 0 spiro atoms. The van der Waals surface area contributed by atoms with Crippen molar-refractivity contribution in [3.05, 3.63) is 192 Å². The summed E-state index contributed by atoms with van der Waals surface area (Å²) >= 11 is 0. The van der Waals surface area contributed by atoms with Gasteiger partial charge in [0.05, 0.1) is 67.1 Å². The number of carbonyl (C=O) groups excluding carboxylic acids is 9. The van der Waals surface area contributed by atoms with E-state index in [0.717, 1.165) is 22.3 Å². The second kappa shape index (κ2) is 52.7. The zero-order valence-corrected chi connectivity index (χ0v) is 61.2. The van der Waals surface area contributed by atoms with Crippen LogP contribution in [-0.2, 0) is 133 Å². The summed E-state index contributed by atoms with van der Waals surface area (Å²) in [6, 6.07) is 44.2. The average Bonchev–Trinajstić information content (AvgIpc) is 0.805. The van der Waals surface area contributed by atoms with Crippen molar-refractivity contribution in [1.82, 2.24) is 0 Å². The van der Waals surface area contributed by atoms with Gasteiger partial charge in [0.1, 0.15) is 85.9 Å². The van der Waals surface area contributed by atoms with Gasteiger partial charge >= 0.3 is 59.7 Å². The number of Topliss-reactive ketones (excluding diaryl/α,β-unsaturated/α-hetero) is 2. The first-order valence-corrected chi connectivity index (χ1v) is 35.6. The van der Waals surface area contributed by atoms with Gasteiger partial charge in [-0.25, -0.2) is 8.42 Å². The third-order valence-electron chi connectivity index (χ3n) is 13.1. The summed E-state index contributed by atoms with van der Waals surface area (Å²) in [5.74, 6) is -11.0. The fourth-order valence-corrected chi connectivity index (χ4v) is 8.41. The van der Waals surface area contributed by atoms with E-state index >= 15 is 0 Å². The molecule has 0 saturated carbocycles. The number of phenols is 3. The minimum Gasteiger partial charge on any atom is -1.00 e. The molecular formula is C72H85ClN2O31S2-2. The third-order valence-corrected chi connectivity index (χ3v) is 13.1. The summed E-state index contributed by atoms with van der Waals surface area (Å²) in [5, 5.41) is 52.8. The minimum atomic E-state index is -3.92. The second-order valence-corrected chi connectivity index (χ2v) is 25.4. The van der Waals surface area contributed by atoms with Crippen molar-refractivity contribution in [2.45, 2.75) is 116 Å². The number of esters is 7. The summed E-state index contributed by atoms with van der Waals surface area (Å²) in [7, 11) is -7.58. The van der Waals surface area contributed by atoms with E-state index in [4.69, 9.17) is 82.9 Å². The van der Waals surface area contributed by atoms with E-state index in [1.165, 1.54) is 30.3 Å². The number of halogens is 1. The van der Waals surface area contributed by atoms with Gasteiger partial charge in [0, 0.05) is 37.1 Å². The van der Waals surface area contributed by atoms with Crippen LogP contribution in [-0.4, -0.2) is 166 Å². The molecule has 7 rings (SSSR count). The van der Waals surface area contributed by atoms with Gasteiger partial charge < -0.3 is 92.2 Å². The lowest BCUT2D eigenvalue weighted by atomic mass is 9.87. The molecule has 1 aliphatic rings. The molecule has 0 aliphatic carbocycles. The molecule has 5 atom stereocenters. The molecule has 1 heterocycles. The number of carboxylic acid groups (broad SMARTS) is 3. The van der Waals surface area contributed by atoms with Crippen LogP contribution in [0.4, 0.5) is 0 Å². The quantitative estimate of drug-likeness (QED) is 0.0103.